The van der Waals surface area contributed by atoms with E-state index in [0.29, 0.717) is 0 Å². The lowest BCUT2D eigenvalue weighted by Gasteiger charge is -2.21. The van der Waals surface area contributed by atoms with Crippen LogP contribution >= 0.6 is 0 Å². The Morgan fingerprint density at radius 3 is 2.70 bits per heavy atom. The highest BCUT2D eigenvalue weighted by Gasteiger charge is 2.23. The van der Waals surface area contributed by atoms with E-state index in [1.54, 1.807) is 6.26 Å². The second-order valence-electron chi connectivity index (χ2n) is 8.17. The Labute approximate surface area is 177 Å². The number of carbonyl (C=O) groups is 1. The summed E-state index contributed by atoms with van der Waals surface area (Å²) in [6, 6.07) is 12.2. The van der Waals surface area contributed by atoms with E-state index in [4.69, 9.17) is 4.42 Å². The fourth-order valence-corrected chi connectivity index (χ4v) is 3.88. The summed E-state index contributed by atoms with van der Waals surface area (Å²) in [5.41, 5.74) is 2.39. The second-order valence-corrected chi connectivity index (χ2v) is 8.17. The van der Waals surface area contributed by atoms with Crippen molar-refractivity contribution in [1.82, 2.24) is 25.0 Å². The zero-order chi connectivity index (χ0) is 21.1. The van der Waals surface area contributed by atoms with Gasteiger partial charge in [0.15, 0.2) is 5.82 Å². The van der Waals surface area contributed by atoms with E-state index in [0.717, 1.165) is 55.6 Å². The maximum Gasteiger partial charge on any atom is 0.223 e. The van der Waals surface area contributed by atoms with Crippen LogP contribution in [0.3, 0.4) is 0 Å². The van der Waals surface area contributed by atoms with Crippen molar-refractivity contribution in [3.8, 4) is 11.3 Å². The van der Waals surface area contributed by atoms with Crippen LogP contribution in [0.1, 0.15) is 44.0 Å². The molecule has 7 nitrogen and oxygen atoms in total. The normalized spacial score (nSPS) is 15.6. The topological polar surface area (TPSA) is 76.2 Å². The minimum absolute atomic E-state index is 0.0321. The van der Waals surface area contributed by atoms with Gasteiger partial charge in [-0.1, -0.05) is 38.1 Å². The number of nitrogens with one attached hydrogen (secondary N) is 1. The number of rotatable bonds is 6. The fraction of sp³-hybridized carbons (Fsp3) is 0.435. The molecule has 1 atom stereocenters. The minimum Gasteiger partial charge on any atom is -0.464 e. The average molecular weight is 408 g/mol. The molecule has 158 valence electrons. The summed E-state index contributed by atoms with van der Waals surface area (Å²) in [6.45, 7) is 9.23. The van der Waals surface area contributed by atoms with Crippen LogP contribution in [0.5, 0.6) is 0 Å². The van der Waals surface area contributed by atoms with Gasteiger partial charge < -0.3 is 14.3 Å². The number of fused-ring (bicyclic) bond motifs is 1. The number of benzene rings is 1. The van der Waals surface area contributed by atoms with Gasteiger partial charge in [-0.25, -0.2) is 0 Å². The molecule has 0 bridgehead atoms. The van der Waals surface area contributed by atoms with E-state index in [-0.39, 0.29) is 17.9 Å². The van der Waals surface area contributed by atoms with Gasteiger partial charge in [-0.3, -0.25) is 9.69 Å². The zero-order valence-corrected chi connectivity index (χ0v) is 17.8. The molecule has 1 aromatic carbocycles. The lowest BCUT2D eigenvalue weighted by molar-refractivity contribution is -0.124. The van der Waals surface area contributed by atoms with Crippen LogP contribution in [0.25, 0.3) is 11.3 Å². The Morgan fingerprint density at radius 1 is 1.10 bits per heavy atom. The first-order chi connectivity index (χ1) is 14.5. The number of furan rings is 1. The minimum atomic E-state index is -0.160. The Balaban J connectivity index is 1.46. The van der Waals surface area contributed by atoms with Gasteiger partial charge in [0, 0.05) is 44.1 Å². The molecule has 1 unspecified atom stereocenters. The predicted molar refractivity (Wildman–Crippen MR) is 115 cm³/mol. The van der Waals surface area contributed by atoms with Crippen LogP contribution in [0.15, 0.2) is 47.1 Å². The average Bonchev–Trinajstić information content (AvgIpc) is 3.36. The molecular weight excluding hydrogens is 378 g/mol. The maximum atomic E-state index is 12.1. The van der Waals surface area contributed by atoms with Crippen molar-refractivity contribution in [2.24, 2.45) is 5.92 Å². The number of aromatic nitrogens is 3. The molecule has 2 aromatic heterocycles. The van der Waals surface area contributed by atoms with E-state index in [1.807, 2.05) is 39.0 Å². The van der Waals surface area contributed by atoms with E-state index in [1.165, 1.54) is 5.56 Å². The van der Waals surface area contributed by atoms with Crippen molar-refractivity contribution < 1.29 is 9.21 Å². The molecule has 3 heterocycles. The van der Waals surface area contributed by atoms with E-state index < -0.39 is 0 Å². The van der Waals surface area contributed by atoms with Gasteiger partial charge in [-0.2, -0.15) is 0 Å². The largest absolute Gasteiger partial charge is 0.464 e. The monoisotopic (exact) mass is 407 g/mol. The van der Waals surface area contributed by atoms with Crippen LogP contribution < -0.4 is 5.32 Å². The van der Waals surface area contributed by atoms with Crippen LogP contribution in [-0.2, 0) is 24.3 Å². The summed E-state index contributed by atoms with van der Waals surface area (Å²) in [5.74, 6) is 2.69. The summed E-state index contributed by atoms with van der Waals surface area (Å²) in [5, 5.41) is 11.8. The summed E-state index contributed by atoms with van der Waals surface area (Å²) in [7, 11) is 0. The van der Waals surface area contributed by atoms with Gasteiger partial charge >= 0.3 is 0 Å². The number of amides is 1. The first kappa shape index (κ1) is 20.3. The third-order valence-electron chi connectivity index (χ3n) is 5.62. The molecule has 30 heavy (non-hydrogen) atoms. The quantitative estimate of drug-likeness (QED) is 0.677. The van der Waals surface area contributed by atoms with Crippen LogP contribution in [0, 0.1) is 5.92 Å². The Bertz CT molecular complexity index is 993. The molecule has 7 heteroatoms. The third-order valence-corrected chi connectivity index (χ3v) is 5.62. The van der Waals surface area contributed by atoms with Gasteiger partial charge in [-0.05, 0) is 24.6 Å². The molecule has 0 aliphatic carbocycles. The molecular formula is C23H29N5O2. The van der Waals surface area contributed by atoms with Crippen molar-refractivity contribution in [2.75, 3.05) is 13.1 Å². The number of hydrogen-bond acceptors (Lipinski definition) is 5. The molecule has 1 aliphatic rings. The van der Waals surface area contributed by atoms with Gasteiger partial charge in [0.1, 0.15) is 11.6 Å². The Morgan fingerprint density at radius 2 is 1.93 bits per heavy atom. The molecule has 3 aromatic rings. The van der Waals surface area contributed by atoms with Gasteiger partial charge in [-0.15, -0.1) is 10.2 Å². The van der Waals surface area contributed by atoms with Crippen LogP contribution in [-0.4, -0.2) is 38.7 Å². The maximum absolute atomic E-state index is 12.1. The van der Waals surface area contributed by atoms with Crippen molar-refractivity contribution >= 4 is 5.91 Å². The smallest absolute Gasteiger partial charge is 0.223 e. The van der Waals surface area contributed by atoms with Gasteiger partial charge in [0.2, 0.25) is 5.91 Å². The van der Waals surface area contributed by atoms with Crippen molar-refractivity contribution in [3.63, 3.8) is 0 Å². The number of carbonyl (C=O) groups excluding carboxylic acids is 1. The number of nitrogens with zero attached hydrogens (tertiary/aromatic N) is 4. The SMILES string of the molecule is CC(C)C(=O)NC(C)c1nnc2n1CCN(Cc1ccccc1-c1ccco1)CC2. The molecule has 1 amide bonds. The standard InChI is InChI=1S/C23H29N5O2/c1-16(2)23(29)24-17(3)22-26-25-21-10-11-27(12-13-28(21)22)15-18-7-4-5-8-19(18)20-9-6-14-30-20/h4-9,14,16-17H,10-13,15H2,1-3H3,(H,24,29). The third kappa shape index (κ3) is 4.31. The van der Waals surface area contributed by atoms with E-state index >= 15 is 0 Å². The summed E-state index contributed by atoms with van der Waals surface area (Å²) < 4.78 is 7.80. The molecule has 0 saturated heterocycles. The fourth-order valence-electron chi connectivity index (χ4n) is 3.88. The lowest BCUT2D eigenvalue weighted by Crippen LogP contribution is -2.32. The van der Waals surface area contributed by atoms with Crippen LogP contribution in [0.2, 0.25) is 0 Å². The Kier molecular flexibility index (Phi) is 5.99. The van der Waals surface area contributed by atoms with Crippen molar-refractivity contribution in [2.45, 2.75) is 46.3 Å². The van der Waals surface area contributed by atoms with Crippen molar-refractivity contribution in [3.05, 3.63) is 59.9 Å². The lowest BCUT2D eigenvalue weighted by atomic mass is 10.0. The molecule has 1 N–H and O–H groups in total. The Hall–Kier alpha value is -2.93. The first-order valence-corrected chi connectivity index (χ1v) is 10.6. The van der Waals surface area contributed by atoms with E-state index in [9.17, 15) is 4.79 Å². The molecule has 0 saturated carbocycles. The number of hydrogen-bond donors (Lipinski definition) is 1. The summed E-state index contributed by atoms with van der Waals surface area (Å²) in [6.07, 6.45) is 2.55. The highest BCUT2D eigenvalue weighted by Crippen LogP contribution is 2.26. The molecule has 0 fully saturated rings. The van der Waals surface area contributed by atoms with E-state index in [2.05, 4.69) is 43.2 Å². The second kappa shape index (κ2) is 8.83. The highest BCUT2D eigenvalue weighted by molar-refractivity contribution is 5.78. The molecule has 0 radical (unpaired) electrons. The van der Waals surface area contributed by atoms with Crippen LogP contribution in [0.4, 0.5) is 0 Å². The summed E-state index contributed by atoms with van der Waals surface area (Å²) >= 11 is 0. The molecule has 1 aliphatic heterocycles. The van der Waals surface area contributed by atoms with Gasteiger partial charge in [0.05, 0.1) is 12.3 Å². The summed E-state index contributed by atoms with van der Waals surface area (Å²) in [4.78, 5) is 14.5. The van der Waals surface area contributed by atoms with Gasteiger partial charge in [0.25, 0.3) is 0 Å². The molecule has 4 rings (SSSR count). The predicted octanol–water partition coefficient (Wildman–Crippen LogP) is 3.43. The first-order valence-electron chi connectivity index (χ1n) is 10.6. The van der Waals surface area contributed by atoms with Crippen molar-refractivity contribution in [1.29, 1.82) is 0 Å². The zero-order valence-electron chi connectivity index (χ0n) is 17.8. The molecule has 0 spiro atoms. The highest BCUT2D eigenvalue weighted by atomic mass is 16.3.